The first-order valence-electron chi connectivity index (χ1n) is 7.53. The topological polar surface area (TPSA) is 54.3 Å². The van der Waals surface area contributed by atoms with Crippen molar-refractivity contribution in [3.8, 4) is 17.6 Å². The first kappa shape index (κ1) is 17.3. The quantitative estimate of drug-likeness (QED) is 0.756. The molecule has 21 heavy (non-hydrogen) atoms. The molecule has 0 bridgehead atoms. The number of nitrogens with zero attached hydrogens (tertiary/aromatic N) is 1. The van der Waals surface area contributed by atoms with Crippen LogP contribution in [0.15, 0.2) is 18.2 Å². The van der Waals surface area contributed by atoms with E-state index in [1.54, 1.807) is 0 Å². The third-order valence-corrected chi connectivity index (χ3v) is 3.17. The van der Waals surface area contributed by atoms with Gasteiger partial charge in [-0.3, -0.25) is 0 Å². The minimum Gasteiger partial charge on any atom is -0.490 e. The lowest BCUT2D eigenvalue weighted by Gasteiger charge is -2.17. The Morgan fingerprint density at radius 1 is 1.19 bits per heavy atom. The number of benzene rings is 1. The highest BCUT2D eigenvalue weighted by Crippen LogP contribution is 2.29. The van der Waals surface area contributed by atoms with E-state index in [2.05, 4.69) is 18.3 Å². The zero-order valence-electron chi connectivity index (χ0n) is 13.5. The van der Waals surface area contributed by atoms with Crippen LogP contribution in [0.4, 0.5) is 0 Å². The van der Waals surface area contributed by atoms with Gasteiger partial charge >= 0.3 is 0 Å². The van der Waals surface area contributed by atoms with E-state index < -0.39 is 0 Å². The number of rotatable bonds is 9. The zero-order chi connectivity index (χ0) is 15.7. The second kappa shape index (κ2) is 8.53. The highest BCUT2D eigenvalue weighted by Gasteiger charge is 2.17. The molecule has 0 radical (unpaired) electrons. The van der Waals surface area contributed by atoms with Crippen LogP contribution in [0.3, 0.4) is 0 Å². The van der Waals surface area contributed by atoms with Crippen LogP contribution in [-0.2, 0) is 6.54 Å². The van der Waals surface area contributed by atoms with Crippen LogP contribution in [0, 0.1) is 16.7 Å². The molecule has 4 heteroatoms. The van der Waals surface area contributed by atoms with Crippen molar-refractivity contribution in [2.24, 2.45) is 5.41 Å². The van der Waals surface area contributed by atoms with E-state index in [0.29, 0.717) is 19.6 Å². The van der Waals surface area contributed by atoms with Gasteiger partial charge in [0.25, 0.3) is 0 Å². The molecule has 0 spiro atoms. The first-order chi connectivity index (χ1) is 10.0. The maximum Gasteiger partial charge on any atom is 0.161 e. The van der Waals surface area contributed by atoms with Gasteiger partial charge in [-0.1, -0.05) is 13.0 Å². The van der Waals surface area contributed by atoms with Gasteiger partial charge in [0, 0.05) is 6.54 Å². The van der Waals surface area contributed by atoms with Crippen molar-refractivity contribution in [1.82, 2.24) is 5.32 Å². The van der Waals surface area contributed by atoms with E-state index in [1.807, 2.05) is 39.0 Å². The van der Waals surface area contributed by atoms with E-state index in [1.165, 1.54) is 5.56 Å². The summed E-state index contributed by atoms with van der Waals surface area (Å²) in [7, 11) is 0. The smallest absolute Gasteiger partial charge is 0.161 e. The Balaban J connectivity index is 2.70. The van der Waals surface area contributed by atoms with Crippen molar-refractivity contribution in [2.75, 3.05) is 19.8 Å². The summed E-state index contributed by atoms with van der Waals surface area (Å²) in [6.45, 7) is 10.7. The fourth-order valence-corrected chi connectivity index (χ4v) is 1.79. The molecule has 1 rings (SSSR count). The van der Waals surface area contributed by atoms with Crippen LogP contribution in [0.1, 0.15) is 39.7 Å². The summed E-state index contributed by atoms with van der Waals surface area (Å²) >= 11 is 0. The molecule has 0 saturated heterocycles. The van der Waals surface area contributed by atoms with Gasteiger partial charge in [-0.2, -0.15) is 5.26 Å². The SMILES string of the molecule is CCNCc1ccc(OCCC(C)(C)C#N)c(OCC)c1. The first-order valence-corrected chi connectivity index (χ1v) is 7.53. The molecule has 0 saturated carbocycles. The van der Waals surface area contributed by atoms with Gasteiger partial charge in [0.05, 0.1) is 24.7 Å². The molecule has 0 fully saturated rings. The summed E-state index contributed by atoms with van der Waals surface area (Å²) in [5.74, 6) is 1.51. The van der Waals surface area contributed by atoms with Crippen LogP contribution in [-0.4, -0.2) is 19.8 Å². The molecule has 4 nitrogen and oxygen atoms in total. The molecule has 0 aromatic heterocycles. The van der Waals surface area contributed by atoms with Gasteiger partial charge < -0.3 is 14.8 Å². The van der Waals surface area contributed by atoms with E-state index in [0.717, 1.165) is 24.6 Å². The van der Waals surface area contributed by atoms with Gasteiger partial charge in [0.2, 0.25) is 0 Å². The summed E-state index contributed by atoms with van der Waals surface area (Å²) in [6.07, 6.45) is 0.689. The third-order valence-electron chi connectivity index (χ3n) is 3.17. The average Bonchev–Trinajstić information content (AvgIpc) is 2.47. The van der Waals surface area contributed by atoms with Gasteiger partial charge in [-0.25, -0.2) is 0 Å². The molecule has 0 aliphatic rings. The average molecular weight is 290 g/mol. The molecular weight excluding hydrogens is 264 g/mol. The predicted octanol–water partition coefficient (Wildman–Crippen LogP) is 3.51. The van der Waals surface area contributed by atoms with Crippen molar-refractivity contribution in [1.29, 1.82) is 5.26 Å². The number of nitrogens with one attached hydrogen (secondary N) is 1. The maximum atomic E-state index is 9.01. The second-order valence-corrected chi connectivity index (χ2v) is 5.59. The van der Waals surface area contributed by atoms with Crippen LogP contribution in [0.25, 0.3) is 0 Å². The third kappa shape index (κ3) is 6.05. The molecule has 0 unspecified atom stereocenters. The Labute approximate surface area is 128 Å². The molecule has 0 aliphatic carbocycles. The fraction of sp³-hybridized carbons (Fsp3) is 0.588. The van der Waals surface area contributed by atoms with E-state index in [9.17, 15) is 0 Å². The summed E-state index contributed by atoms with van der Waals surface area (Å²) in [5, 5.41) is 12.3. The van der Waals surface area contributed by atoms with Gasteiger partial charge in [0.15, 0.2) is 11.5 Å². The second-order valence-electron chi connectivity index (χ2n) is 5.59. The lowest BCUT2D eigenvalue weighted by Crippen LogP contribution is -2.14. The lowest BCUT2D eigenvalue weighted by atomic mass is 9.92. The Hall–Kier alpha value is -1.73. The molecule has 1 N–H and O–H groups in total. The number of hydrogen-bond donors (Lipinski definition) is 1. The normalized spacial score (nSPS) is 11.0. The van der Waals surface area contributed by atoms with Gasteiger partial charge in [-0.15, -0.1) is 0 Å². The Morgan fingerprint density at radius 3 is 2.57 bits per heavy atom. The van der Waals surface area contributed by atoms with Crippen LogP contribution < -0.4 is 14.8 Å². The van der Waals surface area contributed by atoms with Crippen molar-refractivity contribution in [2.45, 2.75) is 40.7 Å². The maximum absolute atomic E-state index is 9.01. The predicted molar refractivity (Wildman–Crippen MR) is 84.5 cm³/mol. The largest absolute Gasteiger partial charge is 0.490 e. The number of hydrogen-bond acceptors (Lipinski definition) is 4. The molecule has 0 heterocycles. The van der Waals surface area contributed by atoms with E-state index >= 15 is 0 Å². The lowest BCUT2D eigenvalue weighted by molar-refractivity contribution is 0.245. The highest BCUT2D eigenvalue weighted by atomic mass is 16.5. The molecule has 0 atom stereocenters. The van der Waals surface area contributed by atoms with Crippen LogP contribution in [0.2, 0.25) is 0 Å². The van der Waals surface area contributed by atoms with Gasteiger partial charge in [0.1, 0.15) is 0 Å². The fourth-order valence-electron chi connectivity index (χ4n) is 1.79. The molecular formula is C17H26N2O2. The standard InChI is InChI=1S/C17H26N2O2/c1-5-19-12-14-7-8-15(16(11-14)20-6-2)21-10-9-17(3,4)13-18/h7-8,11,19H,5-6,9-10,12H2,1-4H3. The van der Waals surface area contributed by atoms with E-state index in [4.69, 9.17) is 14.7 Å². The summed E-state index contributed by atoms with van der Waals surface area (Å²) < 4.78 is 11.4. The molecule has 1 aromatic rings. The minimum absolute atomic E-state index is 0.364. The van der Waals surface area contributed by atoms with Crippen LogP contribution in [0.5, 0.6) is 11.5 Å². The Bertz CT molecular complexity index is 478. The van der Waals surface area contributed by atoms with Crippen molar-refractivity contribution < 1.29 is 9.47 Å². The van der Waals surface area contributed by atoms with Gasteiger partial charge in [-0.05, 0) is 51.4 Å². The minimum atomic E-state index is -0.364. The Kier molecular flexibility index (Phi) is 7.04. The summed E-state index contributed by atoms with van der Waals surface area (Å²) in [6, 6.07) is 8.27. The van der Waals surface area contributed by atoms with Crippen LogP contribution >= 0.6 is 0 Å². The number of ether oxygens (including phenoxy) is 2. The molecule has 116 valence electrons. The summed E-state index contributed by atoms with van der Waals surface area (Å²) in [5.41, 5.74) is 0.807. The van der Waals surface area contributed by atoms with Crippen molar-refractivity contribution in [3.05, 3.63) is 23.8 Å². The molecule has 0 amide bonds. The summed E-state index contributed by atoms with van der Waals surface area (Å²) in [4.78, 5) is 0. The Morgan fingerprint density at radius 2 is 1.95 bits per heavy atom. The van der Waals surface area contributed by atoms with Crippen molar-refractivity contribution >= 4 is 0 Å². The zero-order valence-corrected chi connectivity index (χ0v) is 13.5. The number of nitriles is 1. The monoisotopic (exact) mass is 290 g/mol. The van der Waals surface area contributed by atoms with Crippen molar-refractivity contribution in [3.63, 3.8) is 0 Å². The molecule has 1 aromatic carbocycles. The van der Waals surface area contributed by atoms with E-state index in [-0.39, 0.29) is 5.41 Å². The molecule has 0 aliphatic heterocycles. The highest BCUT2D eigenvalue weighted by molar-refractivity contribution is 5.43.